The Balaban J connectivity index is 2.48. The molecule has 0 unspecified atom stereocenters. The molecule has 1 N–H and O–H groups in total. The number of hydrogen-bond acceptors (Lipinski definition) is 2. The fourth-order valence-corrected chi connectivity index (χ4v) is 4.19. The Bertz CT molecular complexity index is 1170. The Morgan fingerprint density at radius 3 is 1.97 bits per heavy atom. The molecule has 150 valence electrons. The highest BCUT2D eigenvalue weighted by atomic mass is 35.5. The van der Waals surface area contributed by atoms with Gasteiger partial charge in [-0.25, -0.2) is 4.79 Å². The van der Waals surface area contributed by atoms with Crippen molar-refractivity contribution in [3.8, 4) is 22.5 Å². The molecule has 4 nitrogen and oxygen atoms in total. The van der Waals surface area contributed by atoms with E-state index < -0.39 is 11.4 Å². The standard InChI is InChI=1S/C21H15Cl4NO3/c1-2-7-26-17(13-5-3-11(22)8-15(13)24)10-18(27)19(21(28)29)20(26)14-6-4-12(23)9-16(14)25/h3-6,8-10H,2,7H2,1H3,(H,28,29). The second kappa shape index (κ2) is 8.80. The first-order valence-corrected chi connectivity index (χ1v) is 10.2. The number of pyridine rings is 1. The van der Waals surface area contributed by atoms with Gasteiger partial charge in [-0.05, 0) is 42.8 Å². The number of nitrogens with zero attached hydrogens (tertiary/aromatic N) is 1. The minimum atomic E-state index is -1.34. The van der Waals surface area contributed by atoms with E-state index in [2.05, 4.69) is 0 Å². The number of rotatable bonds is 5. The van der Waals surface area contributed by atoms with Crippen molar-refractivity contribution in [2.45, 2.75) is 19.9 Å². The van der Waals surface area contributed by atoms with Crippen molar-refractivity contribution in [3.05, 3.63) is 78.3 Å². The van der Waals surface area contributed by atoms with E-state index in [4.69, 9.17) is 46.4 Å². The summed E-state index contributed by atoms with van der Waals surface area (Å²) in [6, 6.07) is 10.9. The maximum atomic E-state index is 12.8. The number of carboxylic acid groups (broad SMARTS) is 1. The molecule has 29 heavy (non-hydrogen) atoms. The molecular formula is C21H15Cl4NO3. The minimum absolute atomic E-state index is 0.203. The van der Waals surface area contributed by atoms with Gasteiger partial charge in [-0.15, -0.1) is 0 Å². The number of carboxylic acids is 1. The lowest BCUT2D eigenvalue weighted by molar-refractivity contribution is 0.0695. The molecule has 1 heterocycles. The van der Waals surface area contributed by atoms with Crippen molar-refractivity contribution in [2.75, 3.05) is 0 Å². The van der Waals surface area contributed by atoms with Crippen molar-refractivity contribution in [3.63, 3.8) is 0 Å². The zero-order valence-electron chi connectivity index (χ0n) is 15.2. The normalized spacial score (nSPS) is 10.9. The molecule has 3 rings (SSSR count). The van der Waals surface area contributed by atoms with Gasteiger partial charge in [-0.3, -0.25) is 4.79 Å². The van der Waals surface area contributed by atoms with E-state index in [9.17, 15) is 14.7 Å². The van der Waals surface area contributed by atoms with E-state index in [1.54, 1.807) is 34.9 Å². The lowest BCUT2D eigenvalue weighted by Crippen LogP contribution is -2.22. The molecule has 0 radical (unpaired) electrons. The van der Waals surface area contributed by atoms with Crippen molar-refractivity contribution in [1.29, 1.82) is 0 Å². The summed E-state index contributed by atoms with van der Waals surface area (Å²) in [5.41, 5.74) is 0.623. The average Bonchev–Trinajstić information content (AvgIpc) is 2.63. The summed E-state index contributed by atoms with van der Waals surface area (Å²) in [7, 11) is 0. The van der Waals surface area contributed by atoms with Gasteiger partial charge in [-0.1, -0.05) is 53.3 Å². The quantitative estimate of drug-likeness (QED) is 0.440. The summed E-state index contributed by atoms with van der Waals surface area (Å²) < 4.78 is 1.75. The maximum absolute atomic E-state index is 12.8. The zero-order chi connectivity index (χ0) is 21.3. The van der Waals surface area contributed by atoms with Crippen LogP contribution in [0.15, 0.2) is 47.3 Å². The molecular weight excluding hydrogens is 456 g/mol. The third-order valence-corrected chi connectivity index (χ3v) is 5.46. The number of hydrogen-bond donors (Lipinski definition) is 1. The topological polar surface area (TPSA) is 59.3 Å². The molecule has 0 aliphatic carbocycles. The molecule has 8 heteroatoms. The summed E-state index contributed by atoms with van der Waals surface area (Å²) in [4.78, 5) is 24.8. The second-order valence-electron chi connectivity index (χ2n) is 6.32. The molecule has 0 aliphatic heterocycles. The Hall–Kier alpha value is -1.98. The molecule has 0 saturated heterocycles. The predicted molar refractivity (Wildman–Crippen MR) is 119 cm³/mol. The molecule has 0 saturated carbocycles. The third kappa shape index (κ3) is 4.31. The summed E-state index contributed by atoms with van der Waals surface area (Å²) in [6.07, 6.45) is 0.679. The van der Waals surface area contributed by atoms with Gasteiger partial charge in [0.2, 0.25) is 0 Å². The smallest absolute Gasteiger partial charge is 0.341 e. The minimum Gasteiger partial charge on any atom is -0.477 e. The van der Waals surface area contributed by atoms with Crippen LogP contribution in [0.2, 0.25) is 20.1 Å². The van der Waals surface area contributed by atoms with Crippen molar-refractivity contribution in [2.24, 2.45) is 0 Å². The Kier molecular flexibility index (Phi) is 6.59. The van der Waals surface area contributed by atoms with Gasteiger partial charge in [0.05, 0.1) is 21.4 Å². The summed E-state index contributed by atoms with van der Waals surface area (Å²) >= 11 is 24.8. The monoisotopic (exact) mass is 469 g/mol. The summed E-state index contributed by atoms with van der Waals surface area (Å²) in [5, 5.41) is 11.2. The van der Waals surface area contributed by atoms with Gasteiger partial charge in [0, 0.05) is 33.8 Å². The fourth-order valence-electron chi connectivity index (χ4n) is 3.19. The molecule has 0 aliphatic rings. The molecule has 0 bridgehead atoms. The van der Waals surface area contributed by atoms with Gasteiger partial charge >= 0.3 is 5.97 Å². The molecule has 0 amide bonds. The first-order valence-electron chi connectivity index (χ1n) is 8.66. The first-order chi connectivity index (χ1) is 13.7. The first kappa shape index (κ1) is 21.7. The van der Waals surface area contributed by atoms with E-state index >= 15 is 0 Å². The van der Waals surface area contributed by atoms with Gasteiger partial charge < -0.3 is 9.67 Å². The van der Waals surface area contributed by atoms with Crippen LogP contribution in [0.3, 0.4) is 0 Å². The number of aromatic nitrogens is 1. The van der Waals surface area contributed by atoms with Crippen LogP contribution >= 0.6 is 46.4 Å². The lowest BCUT2D eigenvalue weighted by Gasteiger charge is -2.22. The highest BCUT2D eigenvalue weighted by molar-refractivity contribution is 6.37. The van der Waals surface area contributed by atoms with Crippen LogP contribution in [0.25, 0.3) is 22.5 Å². The van der Waals surface area contributed by atoms with Crippen LogP contribution in [-0.4, -0.2) is 15.6 Å². The molecule has 0 atom stereocenters. The van der Waals surface area contributed by atoms with Crippen LogP contribution in [0.5, 0.6) is 0 Å². The van der Waals surface area contributed by atoms with Crippen LogP contribution in [0.4, 0.5) is 0 Å². The van der Waals surface area contributed by atoms with Crippen LogP contribution in [0.1, 0.15) is 23.7 Å². The third-order valence-electron chi connectivity index (χ3n) is 4.37. The lowest BCUT2D eigenvalue weighted by atomic mass is 10.0. The van der Waals surface area contributed by atoms with Crippen molar-refractivity contribution >= 4 is 52.4 Å². The predicted octanol–water partition coefficient (Wildman–Crippen LogP) is 6.90. The largest absolute Gasteiger partial charge is 0.477 e. The number of aromatic carboxylic acids is 1. The Morgan fingerprint density at radius 1 is 0.931 bits per heavy atom. The molecule has 2 aromatic carbocycles. The Labute approximate surface area is 187 Å². The van der Waals surface area contributed by atoms with E-state index in [0.29, 0.717) is 44.9 Å². The summed E-state index contributed by atoms with van der Waals surface area (Å²) in [5.74, 6) is -1.34. The van der Waals surface area contributed by atoms with Crippen LogP contribution < -0.4 is 5.43 Å². The van der Waals surface area contributed by atoms with Gasteiger partial charge in [-0.2, -0.15) is 0 Å². The van der Waals surface area contributed by atoms with Crippen molar-refractivity contribution < 1.29 is 9.90 Å². The van der Waals surface area contributed by atoms with Gasteiger partial charge in [0.1, 0.15) is 5.56 Å². The molecule has 0 fully saturated rings. The molecule has 0 spiro atoms. The molecule has 1 aromatic heterocycles. The fraction of sp³-hybridized carbons (Fsp3) is 0.143. The van der Waals surface area contributed by atoms with E-state index in [0.717, 1.165) is 0 Å². The van der Waals surface area contributed by atoms with E-state index in [-0.39, 0.29) is 16.3 Å². The van der Waals surface area contributed by atoms with Crippen molar-refractivity contribution in [1.82, 2.24) is 4.57 Å². The highest BCUT2D eigenvalue weighted by Gasteiger charge is 2.24. The van der Waals surface area contributed by atoms with E-state index in [1.165, 1.54) is 12.1 Å². The zero-order valence-corrected chi connectivity index (χ0v) is 18.2. The van der Waals surface area contributed by atoms with Gasteiger partial charge in [0.15, 0.2) is 5.43 Å². The second-order valence-corrected chi connectivity index (χ2v) is 8.01. The molecule has 3 aromatic rings. The summed E-state index contributed by atoms with van der Waals surface area (Å²) in [6.45, 7) is 2.38. The van der Waals surface area contributed by atoms with Gasteiger partial charge in [0.25, 0.3) is 0 Å². The highest BCUT2D eigenvalue weighted by Crippen LogP contribution is 2.37. The van der Waals surface area contributed by atoms with Crippen LogP contribution in [-0.2, 0) is 6.54 Å². The number of carbonyl (C=O) groups is 1. The SMILES string of the molecule is CCCn1c(-c2ccc(Cl)cc2Cl)cc(=O)c(C(=O)O)c1-c1ccc(Cl)cc1Cl. The average molecular weight is 471 g/mol. The number of halogens is 4. The Morgan fingerprint density at radius 2 is 1.48 bits per heavy atom. The van der Waals surface area contributed by atoms with E-state index in [1.807, 2.05) is 6.92 Å². The maximum Gasteiger partial charge on any atom is 0.341 e. The van der Waals surface area contributed by atoms with Crippen LogP contribution in [0, 0.1) is 0 Å². The number of benzene rings is 2.